The van der Waals surface area contributed by atoms with Gasteiger partial charge in [-0.25, -0.2) is 9.48 Å². The molecule has 1 aliphatic heterocycles. The Morgan fingerprint density at radius 3 is 2.75 bits per heavy atom. The fourth-order valence-electron chi connectivity index (χ4n) is 2.33. The highest BCUT2D eigenvalue weighted by molar-refractivity contribution is 5.95. The fourth-order valence-corrected chi connectivity index (χ4v) is 2.33. The summed E-state index contributed by atoms with van der Waals surface area (Å²) in [5.74, 6) is -1.03. The Labute approximate surface area is 114 Å². The van der Waals surface area contributed by atoms with E-state index >= 15 is 0 Å². The normalized spacial score (nSPS) is 18.6. The van der Waals surface area contributed by atoms with Crippen LogP contribution in [0.3, 0.4) is 0 Å². The van der Waals surface area contributed by atoms with Gasteiger partial charge in [-0.1, -0.05) is 0 Å². The van der Waals surface area contributed by atoms with Gasteiger partial charge in [0.15, 0.2) is 5.69 Å². The van der Waals surface area contributed by atoms with Crippen molar-refractivity contribution >= 4 is 11.9 Å². The van der Waals surface area contributed by atoms with E-state index in [-0.39, 0.29) is 11.4 Å². The lowest BCUT2D eigenvalue weighted by molar-refractivity contribution is -0.145. The van der Waals surface area contributed by atoms with Gasteiger partial charge in [0.1, 0.15) is 6.04 Å². The van der Waals surface area contributed by atoms with Crippen molar-refractivity contribution in [1.82, 2.24) is 14.7 Å². The predicted molar refractivity (Wildman–Crippen MR) is 64.3 cm³/mol. The van der Waals surface area contributed by atoms with Gasteiger partial charge in [0.25, 0.3) is 5.91 Å². The number of carbonyl (C=O) groups is 2. The summed E-state index contributed by atoms with van der Waals surface area (Å²) >= 11 is 0. The van der Waals surface area contributed by atoms with E-state index in [0.717, 1.165) is 0 Å². The molecular formula is C12H15F2N3O3. The Hall–Kier alpha value is -1.99. The summed E-state index contributed by atoms with van der Waals surface area (Å²) in [7, 11) is 1.25. The van der Waals surface area contributed by atoms with Crippen LogP contribution in [0.25, 0.3) is 0 Å². The lowest BCUT2D eigenvalue weighted by atomic mass is 10.2. The monoisotopic (exact) mass is 287 g/mol. The number of hydrogen-bond acceptors (Lipinski definition) is 4. The van der Waals surface area contributed by atoms with Gasteiger partial charge in [-0.15, -0.1) is 0 Å². The Morgan fingerprint density at radius 1 is 1.50 bits per heavy atom. The number of aryl methyl sites for hydroxylation is 1. The lowest BCUT2D eigenvalue weighted by Gasteiger charge is -2.21. The second-order valence-corrected chi connectivity index (χ2v) is 4.57. The van der Waals surface area contributed by atoms with Crippen LogP contribution in [0.15, 0.2) is 6.07 Å². The average Bonchev–Trinajstić information content (AvgIpc) is 3.03. The third-order valence-corrected chi connectivity index (χ3v) is 3.31. The summed E-state index contributed by atoms with van der Waals surface area (Å²) in [6, 6.07) is 0.630. The lowest BCUT2D eigenvalue weighted by Crippen LogP contribution is -2.41. The molecule has 0 saturated carbocycles. The maximum atomic E-state index is 12.6. The highest BCUT2D eigenvalue weighted by atomic mass is 19.3. The smallest absolute Gasteiger partial charge is 0.333 e. The van der Waals surface area contributed by atoms with Gasteiger partial charge in [0.05, 0.1) is 7.11 Å². The van der Waals surface area contributed by atoms with E-state index < -0.39 is 24.5 Å². The SMILES string of the molecule is COC(=O)[C@H]1CCCN1C(=O)c1cc(C)n(C(F)F)n1. The Balaban J connectivity index is 2.22. The van der Waals surface area contributed by atoms with E-state index in [2.05, 4.69) is 9.84 Å². The van der Waals surface area contributed by atoms with Crippen molar-refractivity contribution < 1.29 is 23.1 Å². The van der Waals surface area contributed by atoms with Crippen molar-refractivity contribution in [2.24, 2.45) is 0 Å². The number of ether oxygens (including phenoxy) is 1. The van der Waals surface area contributed by atoms with Crippen LogP contribution >= 0.6 is 0 Å². The number of alkyl halides is 2. The Bertz CT molecular complexity index is 530. The zero-order chi connectivity index (χ0) is 14.9. The maximum absolute atomic E-state index is 12.6. The number of aromatic nitrogens is 2. The number of likely N-dealkylation sites (tertiary alicyclic amines) is 1. The molecule has 0 spiro atoms. The molecular weight excluding hydrogens is 272 g/mol. The molecule has 1 aromatic heterocycles. The molecule has 110 valence electrons. The van der Waals surface area contributed by atoms with Gasteiger partial charge >= 0.3 is 12.5 Å². The quantitative estimate of drug-likeness (QED) is 0.787. The van der Waals surface area contributed by atoms with E-state index in [1.165, 1.54) is 25.0 Å². The summed E-state index contributed by atoms with van der Waals surface area (Å²) in [5, 5.41) is 3.60. The molecule has 0 bridgehead atoms. The largest absolute Gasteiger partial charge is 0.467 e. The van der Waals surface area contributed by atoms with Crippen LogP contribution in [0.5, 0.6) is 0 Å². The van der Waals surface area contributed by atoms with Gasteiger partial charge < -0.3 is 9.64 Å². The molecule has 0 aliphatic carbocycles. The van der Waals surface area contributed by atoms with Crippen LogP contribution in [-0.4, -0.2) is 46.3 Å². The van der Waals surface area contributed by atoms with Gasteiger partial charge in [-0.2, -0.15) is 13.9 Å². The van der Waals surface area contributed by atoms with Crippen LogP contribution in [0.4, 0.5) is 8.78 Å². The second-order valence-electron chi connectivity index (χ2n) is 4.57. The first-order chi connectivity index (χ1) is 9.45. The molecule has 0 N–H and O–H groups in total. The molecule has 1 aromatic rings. The Kier molecular flexibility index (Phi) is 4.01. The minimum absolute atomic E-state index is 0.0846. The summed E-state index contributed by atoms with van der Waals surface area (Å²) in [5.41, 5.74) is 0.107. The second kappa shape index (κ2) is 5.56. The molecule has 1 saturated heterocycles. The number of methoxy groups -OCH3 is 1. The van der Waals surface area contributed by atoms with Gasteiger partial charge in [-0.05, 0) is 25.8 Å². The first kappa shape index (κ1) is 14.4. The van der Waals surface area contributed by atoms with Crippen molar-refractivity contribution in [2.45, 2.75) is 32.4 Å². The molecule has 2 rings (SSSR count). The van der Waals surface area contributed by atoms with Crippen LogP contribution in [0.2, 0.25) is 0 Å². The van der Waals surface area contributed by atoms with Crippen molar-refractivity contribution in [1.29, 1.82) is 0 Å². The zero-order valence-corrected chi connectivity index (χ0v) is 11.2. The first-order valence-corrected chi connectivity index (χ1v) is 6.18. The van der Waals surface area contributed by atoms with E-state index in [4.69, 9.17) is 0 Å². The van der Waals surface area contributed by atoms with Crippen LogP contribution in [0, 0.1) is 6.92 Å². The zero-order valence-electron chi connectivity index (χ0n) is 11.2. The van der Waals surface area contributed by atoms with Crippen molar-refractivity contribution in [3.05, 3.63) is 17.5 Å². The van der Waals surface area contributed by atoms with Gasteiger partial charge in [-0.3, -0.25) is 4.79 Å². The number of nitrogens with zero attached hydrogens (tertiary/aromatic N) is 3. The van der Waals surface area contributed by atoms with Gasteiger partial charge in [0, 0.05) is 12.2 Å². The number of halogens is 2. The summed E-state index contributed by atoms with van der Waals surface area (Å²) < 4.78 is 30.4. The molecule has 8 heteroatoms. The molecule has 0 aromatic carbocycles. The topological polar surface area (TPSA) is 64.4 Å². The number of rotatable bonds is 3. The van der Waals surface area contributed by atoms with E-state index in [1.807, 2.05) is 0 Å². The third-order valence-electron chi connectivity index (χ3n) is 3.31. The predicted octanol–water partition coefficient (Wildman–Crippen LogP) is 1.36. The third kappa shape index (κ3) is 2.50. The summed E-state index contributed by atoms with van der Waals surface area (Å²) in [6.45, 7) is -0.969. The van der Waals surface area contributed by atoms with Crippen molar-refractivity contribution in [3.8, 4) is 0 Å². The molecule has 0 radical (unpaired) electrons. The highest BCUT2D eigenvalue weighted by Gasteiger charge is 2.36. The number of amides is 1. The van der Waals surface area contributed by atoms with Crippen LogP contribution < -0.4 is 0 Å². The average molecular weight is 287 g/mol. The van der Waals surface area contributed by atoms with Crippen molar-refractivity contribution in [3.63, 3.8) is 0 Å². The van der Waals surface area contributed by atoms with Gasteiger partial charge in [0.2, 0.25) is 0 Å². The fraction of sp³-hybridized carbons (Fsp3) is 0.583. The van der Waals surface area contributed by atoms with E-state index in [1.54, 1.807) is 0 Å². The number of hydrogen-bond donors (Lipinski definition) is 0. The number of carbonyl (C=O) groups excluding carboxylic acids is 2. The molecule has 1 amide bonds. The van der Waals surface area contributed by atoms with Crippen molar-refractivity contribution in [2.75, 3.05) is 13.7 Å². The molecule has 20 heavy (non-hydrogen) atoms. The van der Waals surface area contributed by atoms with E-state index in [9.17, 15) is 18.4 Å². The minimum atomic E-state index is -2.80. The summed E-state index contributed by atoms with van der Waals surface area (Å²) in [6.07, 6.45) is 1.17. The maximum Gasteiger partial charge on any atom is 0.333 e. The molecule has 2 heterocycles. The molecule has 1 fully saturated rings. The molecule has 1 atom stereocenters. The molecule has 0 unspecified atom stereocenters. The first-order valence-electron chi connectivity index (χ1n) is 6.18. The molecule has 6 nitrogen and oxygen atoms in total. The highest BCUT2D eigenvalue weighted by Crippen LogP contribution is 2.22. The van der Waals surface area contributed by atoms with Crippen LogP contribution in [-0.2, 0) is 9.53 Å². The van der Waals surface area contributed by atoms with E-state index in [0.29, 0.717) is 24.1 Å². The summed E-state index contributed by atoms with van der Waals surface area (Å²) in [4.78, 5) is 25.2. The Morgan fingerprint density at radius 2 is 2.20 bits per heavy atom. The molecule has 1 aliphatic rings. The minimum Gasteiger partial charge on any atom is -0.467 e. The van der Waals surface area contributed by atoms with Crippen LogP contribution in [0.1, 0.15) is 35.6 Å². The standard InChI is InChI=1S/C12H15F2N3O3/c1-7-6-8(15-17(7)12(13)14)10(18)16-5-3-4-9(16)11(19)20-2/h6,9,12H,3-5H2,1-2H3/t9-/m1/s1. The number of esters is 1.